The SMILES string of the molecule is COC(=O)C1=C(C)NC(C)=C(C(C)=O)C1c1cccc(-n2ccnc2)c1. The Morgan fingerprint density at radius 1 is 1.19 bits per heavy atom. The number of ether oxygens (including phenoxy) is 1. The number of nitrogens with one attached hydrogen (secondary N) is 1. The number of Topliss-reactive ketones (excluding diaryl/α,β-unsaturated/α-hetero) is 1. The van der Waals surface area contributed by atoms with Gasteiger partial charge in [-0.2, -0.15) is 0 Å². The maximum absolute atomic E-state index is 12.5. The summed E-state index contributed by atoms with van der Waals surface area (Å²) in [5, 5.41) is 3.14. The van der Waals surface area contributed by atoms with Crippen LogP contribution in [0.5, 0.6) is 0 Å². The van der Waals surface area contributed by atoms with Gasteiger partial charge in [-0.1, -0.05) is 12.1 Å². The molecule has 1 aliphatic rings. The Morgan fingerprint density at radius 3 is 2.54 bits per heavy atom. The molecule has 0 amide bonds. The van der Waals surface area contributed by atoms with Crippen molar-refractivity contribution in [2.75, 3.05) is 7.11 Å². The molecule has 26 heavy (non-hydrogen) atoms. The molecule has 1 aromatic carbocycles. The molecule has 0 bridgehead atoms. The van der Waals surface area contributed by atoms with Crippen molar-refractivity contribution in [3.63, 3.8) is 0 Å². The summed E-state index contributed by atoms with van der Waals surface area (Å²) in [6, 6.07) is 7.74. The third-order valence-corrected chi connectivity index (χ3v) is 4.55. The van der Waals surface area contributed by atoms with Gasteiger partial charge in [0.25, 0.3) is 0 Å². The fraction of sp³-hybridized carbons (Fsp3) is 0.250. The zero-order valence-electron chi connectivity index (χ0n) is 15.2. The maximum atomic E-state index is 12.5. The molecule has 1 aromatic heterocycles. The first kappa shape index (κ1) is 17.7. The van der Waals surface area contributed by atoms with Gasteiger partial charge in [-0.3, -0.25) is 4.79 Å². The Hall–Kier alpha value is -3.15. The third kappa shape index (κ3) is 3.06. The molecule has 6 nitrogen and oxygen atoms in total. The summed E-state index contributed by atoms with van der Waals surface area (Å²) in [5.74, 6) is -1.01. The van der Waals surface area contributed by atoms with Gasteiger partial charge in [-0.25, -0.2) is 9.78 Å². The topological polar surface area (TPSA) is 73.2 Å². The Bertz CT molecular complexity index is 924. The van der Waals surface area contributed by atoms with Crippen molar-refractivity contribution in [3.05, 3.63) is 71.1 Å². The fourth-order valence-corrected chi connectivity index (χ4v) is 3.45. The van der Waals surface area contributed by atoms with Crippen LogP contribution < -0.4 is 5.32 Å². The number of carbonyl (C=O) groups excluding carboxylic acids is 2. The molecular weight excluding hydrogens is 330 g/mol. The lowest BCUT2D eigenvalue weighted by molar-refractivity contribution is -0.136. The normalized spacial score (nSPS) is 17.2. The highest BCUT2D eigenvalue weighted by atomic mass is 16.5. The average molecular weight is 351 g/mol. The Labute approximate surface area is 152 Å². The minimum Gasteiger partial charge on any atom is -0.466 e. The summed E-state index contributed by atoms with van der Waals surface area (Å²) in [5.41, 5.74) is 4.21. The Kier molecular flexibility index (Phi) is 4.75. The number of dihydropyridines is 1. The summed E-state index contributed by atoms with van der Waals surface area (Å²) in [4.78, 5) is 28.9. The highest BCUT2D eigenvalue weighted by Gasteiger charge is 2.35. The summed E-state index contributed by atoms with van der Waals surface area (Å²) in [6.07, 6.45) is 5.25. The smallest absolute Gasteiger partial charge is 0.336 e. The molecule has 0 aliphatic carbocycles. The van der Waals surface area contributed by atoms with Crippen LogP contribution in [-0.2, 0) is 14.3 Å². The quantitative estimate of drug-likeness (QED) is 0.858. The lowest BCUT2D eigenvalue weighted by atomic mass is 9.79. The van der Waals surface area contributed by atoms with E-state index >= 15 is 0 Å². The van der Waals surface area contributed by atoms with E-state index in [1.165, 1.54) is 14.0 Å². The summed E-state index contributed by atoms with van der Waals surface area (Å²) in [6.45, 7) is 5.18. The van der Waals surface area contributed by atoms with Gasteiger partial charge in [0.15, 0.2) is 5.78 Å². The van der Waals surface area contributed by atoms with Crippen molar-refractivity contribution >= 4 is 11.8 Å². The number of aromatic nitrogens is 2. The van der Waals surface area contributed by atoms with Crippen LogP contribution in [0.3, 0.4) is 0 Å². The van der Waals surface area contributed by atoms with Gasteiger partial charge in [0.2, 0.25) is 0 Å². The van der Waals surface area contributed by atoms with Crippen LogP contribution in [0.15, 0.2) is 65.5 Å². The zero-order chi connectivity index (χ0) is 18.8. The summed E-state index contributed by atoms with van der Waals surface area (Å²) in [7, 11) is 1.35. The van der Waals surface area contributed by atoms with Gasteiger partial charge in [0.1, 0.15) is 0 Å². The second kappa shape index (κ2) is 7.00. The monoisotopic (exact) mass is 351 g/mol. The fourth-order valence-electron chi connectivity index (χ4n) is 3.45. The van der Waals surface area contributed by atoms with E-state index in [2.05, 4.69) is 10.3 Å². The molecule has 0 spiro atoms. The molecule has 6 heteroatoms. The predicted octanol–water partition coefficient (Wildman–Crippen LogP) is 2.87. The number of esters is 1. The summed E-state index contributed by atoms with van der Waals surface area (Å²) >= 11 is 0. The van der Waals surface area contributed by atoms with Crippen molar-refractivity contribution in [2.45, 2.75) is 26.7 Å². The lowest BCUT2D eigenvalue weighted by Crippen LogP contribution is -2.31. The van der Waals surface area contributed by atoms with Gasteiger partial charge in [0.05, 0.1) is 19.0 Å². The van der Waals surface area contributed by atoms with Crippen molar-refractivity contribution in [1.29, 1.82) is 0 Å². The Balaban J connectivity index is 2.19. The second-order valence-electron chi connectivity index (χ2n) is 6.25. The molecule has 1 unspecified atom stereocenters. The zero-order valence-corrected chi connectivity index (χ0v) is 15.2. The molecule has 0 saturated carbocycles. The van der Waals surface area contributed by atoms with E-state index in [-0.39, 0.29) is 5.78 Å². The van der Waals surface area contributed by atoms with Crippen LogP contribution >= 0.6 is 0 Å². The number of allylic oxidation sites excluding steroid dienone is 3. The molecule has 0 fully saturated rings. The maximum Gasteiger partial charge on any atom is 0.336 e. The Morgan fingerprint density at radius 2 is 1.92 bits per heavy atom. The number of rotatable bonds is 4. The lowest BCUT2D eigenvalue weighted by Gasteiger charge is -2.30. The number of hydrogen-bond acceptors (Lipinski definition) is 5. The largest absolute Gasteiger partial charge is 0.466 e. The molecular formula is C20H21N3O3. The number of hydrogen-bond donors (Lipinski definition) is 1. The highest BCUT2D eigenvalue weighted by Crippen LogP contribution is 2.39. The van der Waals surface area contributed by atoms with Crippen molar-refractivity contribution in [3.8, 4) is 5.69 Å². The van der Waals surface area contributed by atoms with Crippen molar-refractivity contribution < 1.29 is 14.3 Å². The van der Waals surface area contributed by atoms with E-state index < -0.39 is 11.9 Å². The van der Waals surface area contributed by atoms with Crippen molar-refractivity contribution in [1.82, 2.24) is 14.9 Å². The van der Waals surface area contributed by atoms with Crippen LogP contribution in [0.1, 0.15) is 32.3 Å². The number of nitrogens with zero attached hydrogens (tertiary/aromatic N) is 2. The van der Waals surface area contributed by atoms with Crippen LogP contribution in [0.4, 0.5) is 0 Å². The molecule has 1 atom stereocenters. The molecule has 0 saturated heterocycles. The minimum absolute atomic E-state index is 0.0815. The minimum atomic E-state index is -0.482. The van der Waals surface area contributed by atoms with Crippen LogP contribution in [0, 0.1) is 0 Å². The van der Waals surface area contributed by atoms with E-state index in [0.29, 0.717) is 16.8 Å². The van der Waals surface area contributed by atoms with Gasteiger partial charge < -0.3 is 14.6 Å². The van der Waals surface area contributed by atoms with E-state index in [1.54, 1.807) is 12.5 Å². The number of ketones is 1. The van der Waals surface area contributed by atoms with E-state index in [4.69, 9.17) is 4.74 Å². The third-order valence-electron chi connectivity index (χ3n) is 4.55. The molecule has 2 heterocycles. The van der Waals surface area contributed by atoms with Gasteiger partial charge in [0, 0.05) is 41.0 Å². The molecule has 3 rings (SSSR count). The summed E-state index contributed by atoms with van der Waals surface area (Å²) < 4.78 is 6.87. The molecule has 1 N–H and O–H groups in total. The van der Waals surface area contributed by atoms with Gasteiger partial charge >= 0.3 is 5.97 Å². The van der Waals surface area contributed by atoms with E-state index in [0.717, 1.165) is 16.9 Å². The van der Waals surface area contributed by atoms with Gasteiger partial charge in [-0.05, 0) is 38.5 Å². The highest BCUT2D eigenvalue weighted by molar-refractivity contribution is 6.02. The van der Waals surface area contributed by atoms with Gasteiger partial charge in [-0.15, -0.1) is 0 Å². The number of imidazole rings is 1. The van der Waals surface area contributed by atoms with Crippen LogP contribution in [0.2, 0.25) is 0 Å². The first-order valence-corrected chi connectivity index (χ1v) is 8.30. The first-order chi connectivity index (χ1) is 12.4. The molecule has 0 radical (unpaired) electrons. The number of carbonyl (C=O) groups is 2. The molecule has 2 aromatic rings. The van der Waals surface area contributed by atoms with Crippen molar-refractivity contribution in [2.24, 2.45) is 0 Å². The standard InChI is InChI=1S/C20H21N3O3/c1-12-17(14(3)24)19(18(13(2)22-12)20(25)26-4)15-6-5-7-16(10-15)23-9-8-21-11-23/h5-11,19,22H,1-4H3. The first-order valence-electron chi connectivity index (χ1n) is 8.30. The predicted molar refractivity (Wildman–Crippen MR) is 97.5 cm³/mol. The number of methoxy groups -OCH3 is 1. The van der Waals surface area contributed by atoms with Crippen LogP contribution in [-0.4, -0.2) is 28.4 Å². The van der Waals surface area contributed by atoms with Crippen LogP contribution in [0.25, 0.3) is 5.69 Å². The van der Waals surface area contributed by atoms with E-state index in [1.807, 2.05) is 48.9 Å². The molecule has 134 valence electrons. The second-order valence-corrected chi connectivity index (χ2v) is 6.25. The van der Waals surface area contributed by atoms with E-state index in [9.17, 15) is 9.59 Å². The number of benzene rings is 1. The average Bonchev–Trinajstić information content (AvgIpc) is 3.15. The molecule has 1 aliphatic heterocycles.